The van der Waals surface area contributed by atoms with E-state index in [0.29, 0.717) is 12.1 Å². The van der Waals surface area contributed by atoms with Crippen molar-refractivity contribution >= 4 is 27.3 Å². The Morgan fingerprint density at radius 3 is 2.87 bits per heavy atom. The van der Waals surface area contributed by atoms with Crippen molar-refractivity contribution in [1.82, 2.24) is 0 Å². The standard InChI is InChI=1S/C12H17BrN2/c1-8(2)15-9(3)7-14-12-10(13)5-4-6-11(12)15/h4-6,8-9,14H,7H2,1-3H3. The van der Waals surface area contributed by atoms with E-state index < -0.39 is 0 Å². The maximum absolute atomic E-state index is 3.59. The first-order chi connectivity index (χ1) is 7.11. The highest BCUT2D eigenvalue weighted by Gasteiger charge is 2.25. The van der Waals surface area contributed by atoms with Crippen LogP contribution in [0.25, 0.3) is 0 Å². The summed E-state index contributed by atoms with van der Waals surface area (Å²) >= 11 is 3.59. The Balaban J connectivity index is 2.48. The Kier molecular flexibility index (Phi) is 2.91. The van der Waals surface area contributed by atoms with E-state index >= 15 is 0 Å². The molecule has 3 heteroatoms. The molecule has 1 atom stereocenters. The molecular weight excluding hydrogens is 252 g/mol. The maximum atomic E-state index is 3.59. The fraction of sp³-hybridized carbons (Fsp3) is 0.500. The molecule has 1 N–H and O–H groups in total. The second-order valence-electron chi connectivity index (χ2n) is 4.36. The SMILES string of the molecule is CC(C)N1c2cccc(Br)c2NCC1C. The number of hydrogen-bond donors (Lipinski definition) is 1. The van der Waals surface area contributed by atoms with Crippen molar-refractivity contribution in [3.63, 3.8) is 0 Å². The topological polar surface area (TPSA) is 15.3 Å². The average molecular weight is 269 g/mol. The van der Waals surface area contributed by atoms with Crippen LogP contribution in [0.2, 0.25) is 0 Å². The van der Waals surface area contributed by atoms with Crippen molar-refractivity contribution in [2.75, 3.05) is 16.8 Å². The summed E-state index contributed by atoms with van der Waals surface area (Å²) in [6.45, 7) is 7.75. The summed E-state index contributed by atoms with van der Waals surface area (Å²) in [4.78, 5) is 2.47. The van der Waals surface area contributed by atoms with Crippen molar-refractivity contribution in [2.24, 2.45) is 0 Å². The van der Waals surface area contributed by atoms with Gasteiger partial charge in [0.2, 0.25) is 0 Å². The fourth-order valence-electron chi connectivity index (χ4n) is 2.28. The van der Waals surface area contributed by atoms with Gasteiger partial charge in [-0.1, -0.05) is 6.07 Å². The van der Waals surface area contributed by atoms with Crippen LogP contribution in [0.4, 0.5) is 11.4 Å². The molecule has 0 bridgehead atoms. The van der Waals surface area contributed by atoms with E-state index in [4.69, 9.17) is 0 Å². The van der Waals surface area contributed by atoms with Crippen molar-refractivity contribution in [2.45, 2.75) is 32.9 Å². The minimum absolute atomic E-state index is 0.537. The lowest BCUT2D eigenvalue weighted by atomic mass is 10.1. The molecule has 1 aromatic rings. The molecule has 0 fully saturated rings. The Morgan fingerprint density at radius 2 is 2.20 bits per heavy atom. The third-order valence-corrected chi connectivity index (χ3v) is 3.54. The van der Waals surface area contributed by atoms with E-state index in [-0.39, 0.29) is 0 Å². The summed E-state index contributed by atoms with van der Waals surface area (Å²) in [6, 6.07) is 7.45. The number of nitrogens with one attached hydrogen (secondary N) is 1. The molecule has 1 unspecified atom stereocenters. The molecule has 2 rings (SSSR count). The Labute approximate surface area is 99.8 Å². The highest BCUT2D eigenvalue weighted by molar-refractivity contribution is 9.10. The van der Waals surface area contributed by atoms with Crippen LogP contribution in [0.3, 0.4) is 0 Å². The number of anilines is 2. The van der Waals surface area contributed by atoms with Crippen LogP contribution < -0.4 is 10.2 Å². The minimum atomic E-state index is 0.537. The fourth-order valence-corrected chi connectivity index (χ4v) is 2.77. The first-order valence-electron chi connectivity index (χ1n) is 5.42. The molecule has 0 amide bonds. The lowest BCUT2D eigenvalue weighted by molar-refractivity contribution is 0.580. The molecule has 0 saturated carbocycles. The van der Waals surface area contributed by atoms with Gasteiger partial charge in [0.1, 0.15) is 0 Å². The average Bonchev–Trinajstić information content (AvgIpc) is 2.17. The van der Waals surface area contributed by atoms with Gasteiger partial charge in [0.15, 0.2) is 0 Å². The largest absolute Gasteiger partial charge is 0.380 e. The van der Waals surface area contributed by atoms with E-state index in [1.165, 1.54) is 11.4 Å². The Hall–Kier alpha value is -0.700. The lowest BCUT2D eigenvalue weighted by Crippen LogP contribution is -2.46. The van der Waals surface area contributed by atoms with Crippen molar-refractivity contribution in [3.05, 3.63) is 22.7 Å². The van der Waals surface area contributed by atoms with Crippen LogP contribution in [0.5, 0.6) is 0 Å². The molecule has 0 aromatic heterocycles. The van der Waals surface area contributed by atoms with Crippen LogP contribution in [0.15, 0.2) is 22.7 Å². The number of hydrogen-bond acceptors (Lipinski definition) is 2. The number of halogens is 1. The Bertz CT molecular complexity index is 363. The molecular formula is C12H17BrN2. The van der Waals surface area contributed by atoms with Gasteiger partial charge in [0, 0.05) is 23.1 Å². The summed E-state index contributed by atoms with van der Waals surface area (Å²) in [6.07, 6.45) is 0. The molecule has 0 aliphatic carbocycles. The smallest absolute Gasteiger partial charge is 0.0723 e. The molecule has 0 spiro atoms. The maximum Gasteiger partial charge on any atom is 0.0723 e. The van der Waals surface area contributed by atoms with E-state index in [0.717, 1.165) is 11.0 Å². The third kappa shape index (κ3) is 1.85. The summed E-state index contributed by atoms with van der Waals surface area (Å²) < 4.78 is 1.15. The van der Waals surface area contributed by atoms with Crippen LogP contribution in [-0.2, 0) is 0 Å². The van der Waals surface area contributed by atoms with Gasteiger partial charge in [-0.2, -0.15) is 0 Å². The van der Waals surface area contributed by atoms with Crippen LogP contribution in [0.1, 0.15) is 20.8 Å². The van der Waals surface area contributed by atoms with Gasteiger partial charge in [-0.3, -0.25) is 0 Å². The van der Waals surface area contributed by atoms with E-state index in [1.807, 2.05) is 0 Å². The molecule has 2 nitrogen and oxygen atoms in total. The van der Waals surface area contributed by atoms with Gasteiger partial charge < -0.3 is 10.2 Å². The monoisotopic (exact) mass is 268 g/mol. The first kappa shape index (κ1) is 10.8. The number of para-hydroxylation sites is 1. The number of nitrogens with zero attached hydrogens (tertiary/aromatic N) is 1. The molecule has 0 saturated heterocycles. The zero-order valence-electron chi connectivity index (χ0n) is 9.42. The number of benzene rings is 1. The highest BCUT2D eigenvalue weighted by Crippen LogP contribution is 2.37. The first-order valence-corrected chi connectivity index (χ1v) is 6.21. The third-order valence-electron chi connectivity index (χ3n) is 2.88. The molecule has 1 aliphatic heterocycles. The predicted octanol–water partition coefficient (Wildman–Crippen LogP) is 3.48. The normalized spacial score (nSPS) is 20.1. The van der Waals surface area contributed by atoms with Crippen molar-refractivity contribution in [1.29, 1.82) is 0 Å². The molecule has 1 aliphatic rings. The van der Waals surface area contributed by atoms with E-state index in [9.17, 15) is 0 Å². The van der Waals surface area contributed by atoms with Crippen LogP contribution in [0, 0.1) is 0 Å². The summed E-state index contributed by atoms with van der Waals surface area (Å²) in [5.74, 6) is 0. The molecule has 1 aromatic carbocycles. The predicted molar refractivity (Wildman–Crippen MR) is 69.7 cm³/mol. The minimum Gasteiger partial charge on any atom is -0.380 e. The Morgan fingerprint density at radius 1 is 1.47 bits per heavy atom. The van der Waals surface area contributed by atoms with Crippen LogP contribution >= 0.6 is 15.9 Å². The number of fused-ring (bicyclic) bond motifs is 1. The zero-order chi connectivity index (χ0) is 11.0. The molecule has 15 heavy (non-hydrogen) atoms. The van der Waals surface area contributed by atoms with Gasteiger partial charge in [0.05, 0.1) is 11.4 Å². The van der Waals surface area contributed by atoms with Gasteiger partial charge in [-0.15, -0.1) is 0 Å². The molecule has 1 heterocycles. The van der Waals surface area contributed by atoms with Crippen molar-refractivity contribution in [3.8, 4) is 0 Å². The summed E-state index contributed by atoms with van der Waals surface area (Å²) in [5.41, 5.74) is 2.53. The quantitative estimate of drug-likeness (QED) is 0.839. The molecule has 82 valence electrons. The second-order valence-corrected chi connectivity index (χ2v) is 5.22. The molecule has 0 radical (unpaired) electrons. The van der Waals surface area contributed by atoms with Gasteiger partial charge >= 0.3 is 0 Å². The summed E-state index contributed by atoms with van der Waals surface area (Å²) in [5, 5.41) is 3.48. The zero-order valence-corrected chi connectivity index (χ0v) is 11.0. The second kappa shape index (κ2) is 4.05. The number of rotatable bonds is 1. The van der Waals surface area contributed by atoms with E-state index in [1.54, 1.807) is 0 Å². The van der Waals surface area contributed by atoms with Gasteiger partial charge in [-0.05, 0) is 48.8 Å². The lowest BCUT2D eigenvalue weighted by Gasteiger charge is -2.41. The summed E-state index contributed by atoms with van der Waals surface area (Å²) in [7, 11) is 0. The highest BCUT2D eigenvalue weighted by atomic mass is 79.9. The van der Waals surface area contributed by atoms with E-state index in [2.05, 4.69) is 65.1 Å². The van der Waals surface area contributed by atoms with Gasteiger partial charge in [-0.25, -0.2) is 0 Å². The van der Waals surface area contributed by atoms with Gasteiger partial charge in [0.25, 0.3) is 0 Å². The van der Waals surface area contributed by atoms with Crippen molar-refractivity contribution < 1.29 is 0 Å². The van der Waals surface area contributed by atoms with Crippen LogP contribution in [-0.4, -0.2) is 18.6 Å².